The fourth-order valence-corrected chi connectivity index (χ4v) is 1.71. The van der Waals surface area contributed by atoms with Gasteiger partial charge in [0.2, 0.25) is 5.95 Å². The topological polar surface area (TPSA) is 29.0 Å². The first-order valence-corrected chi connectivity index (χ1v) is 4.87. The van der Waals surface area contributed by atoms with E-state index in [0.717, 1.165) is 31.0 Å². The van der Waals surface area contributed by atoms with Crippen LogP contribution < -0.4 is 4.90 Å². The Hall–Kier alpha value is -0.830. The normalized spacial score (nSPS) is 22.3. The molecule has 0 bridgehead atoms. The van der Waals surface area contributed by atoms with Crippen molar-refractivity contribution in [3.63, 3.8) is 0 Å². The molecule has 1 atom stereocenters. The number of hydrogen-bond donors (Lipinski definition) is 0. The molecule has 70 valence electrons. The monoisotopic (exact) mass is 197 g/mol. The maximum absolute atomic E-state index is 5.99. The fourth-order valence-electron chi connectivity index (χ4n) is 1.45. The smallest absolute Gasteiger partial charge is 0.225 e. The summed E-state index contributed by atoms with van der Waals surface area (Å²) in [7, 11) is 0. The summed E-state index contributed by atoms with van der Waals surface area (Å²) in [6, 6.07) is 0. The lowest BCUT2D eigenvalue weighted by molar-refractivity contribution is 0.894. The molecule has 4 heteroatoms. The number of alkyl halides is 1. The summed E-state index contributed by atoms with van der Waals surface area (Å²) >= 11 is 5.99. The number of aromatic nitrogens is 2. The van der Waals surface area contributed by atoms with Crippen LogP contribution in [0.5, 0.6) is 0 Å². The largest absolute Gasteiger partial charge is 0.339 e. The Morgan fingerprint density at radius 3 is 2.69 bits per heavy atom. The van der Waals surface area contributed by atoms with Crippen LogP contribution in [-0.2, 0) is 0 Å². The first-order valence-electron chi connectivity index (χ1n) is 4.43. The van der Waals surface area contributed by atoms with Crippen LogP contribution in [0.15, 0.2) is 12.4 Å². The van der Waals surface area contributed by atoms with E-state index in [9.17, 15) is 0 Å². The van der Waals surface area contributed by atoms with E-state index in [1.165, 1.54) is 0 Å². The Kier molecular flexibility index (Phi) is 2.36. The summed E-state index contributed by atoms with van der Waals surface area (Å²) in [5, 5.41) is 0.255. The van der Waals surface area contributed by atoms with Crippen LogP contribution in [0.3, 0.4) is 0 Å². The second kappa shape index (κ2) is 3.50. The molecule has 0 N–H and O–H groups in total. The van der Waals surface area contributed by atoms with E-state index in [1.54, 1.807) is 0 Å². The lowest BCUT2D eigenvalue weighted by atomic mass is 10.4. The molecule has 1 aromatic heterocycles. The highest BCUT2D eigenvalue weighted by Gasteiger charge is 2.21. The van der Waals surface area contributed by atoms with Gasteiger partial charge in [0.25, 0.3) is 0 Å². The average Bonchev–Trinajstić information content (AvgIpc) is 2.53. The van der Waals surface area contributed by atoms with Crippen molar-refractivity contribution in [3.05, 3.63) is 18.0 Å². The van der Waals surface area contributed by atoms with Crippen molar-refractivity contribution in [1.29, 1.82) is 0 Å². The third-order valence-corrected chi connectivity index (χ3v) is 2.54. The first-order chi connectivity index (χ1) is 6.25. The molecule has 1 fully saturated rings. The molecule has 0 spiro atoms. The number of aryl methyl sites for hydroxylation is 1. The third kappa shape index (κ3) is 1.91. The van der Waals surface area contributed by atoms with Gasteiger partial charge in [0, 0.05) is 25.5 Å². The lowest BCUT2D eigenvalue weighted by Crippen LogP contribution is -2.21. The highest BCUT2D eigenvalue weighted by atomic mass is 35.5. The van der Waals surface area contributed by atoms with Crippen LogP contribution in [-0.4, -0.2) is 28.4 Å². The van der Waals surface area contributed by atoms with Crippen molar-refractivity contribution in [2.24, 2.45) is 0 Å². The molecule has 2 rings (SSSR count). The summed E-state index contributed by atoms with van der Waals surface area (Å²) in [4.78, 5) is 10.6. The van der Waals surface area contributed by atoms with Crippen molar-refractivity contribution >= 4 is 17.5 Å². The molecule has 13 heavy (non-hydrogen) atoms. The Morgan fingerprint density at radius 2 is 2.15 bits per heavy atom. The van der Waals surface area contributed by atoms with Gasteiger partial charge in [-0.25, -0.2) is 9.97 Å². The molecule has 1 aliphatic rings. The molecule has 0 amide bonds. The van der Waals surface area contributed by atoms with Gasteiger partial charge >= 0.3 is 0 Å². The lowest BCUT2D eigenvalue weighted by Gasteiger charge is -2.14. The Labute approximate surface area is 82.8 Å². The first kappa shape index (κ1) is 8.75. The van der Waals surface area contributed by atoms with E-state index in [4.69, 9.17) is 11.6 Å². The molecular formula is C9H12ClN3. The van der Waals surface area contributed by atoms with Crippen molar-refractivity contribution in [1.82, 2.24) is 9.97 Å². The maximum Gasteiger partial charge on any atom is 0.225 e. The number of halogens is 1. The van der Waals surface area contributed by atoms with Gasteiger partial charge in [-0.3, -0.25) is 0 Å². The molecule has 1 aliphatic heterocycles. The minimum Gasteiger partial charge on any atom is -0.339 e. The summed E-state index contributed by atoms with van der Waals surface area (Å²) < 4.78 is 0. The van der Waals surface area contributed by atoms with Gasteiger partial charge < -0.3 is 4.90 Å². The molecule has 1 unspecified atom stereocenters. The predicted octanol–water partition coefficient (Wildman–Crippen LogP) is 1.60. The molecule has 0 aromatic carbocycles. The van der Waals surface area contributed by atoms with Gasteiger partial charge in [0.05, 0.1) is 5.38 Å². The zero-order valence-electron chi connectivity index (χ0n) is 7.57. The predicted molar refractivity (Wildman–Crippen MR) is 53.2 cm³/mol. The van der Waals surface area contributed by atoms with E-state index in [0.29, 0.717) is 0 Å². The summed E-state index contributed by atoms with van der Waals surface area (Å²) in [6.45, 7) is 3.82. The number of nitrogens with zero attached hydrogens (tertiary/aromatic N) is 3. The molecule has 3 nitrogen and oxygen atoms in total. The zero-order chi connectivity index (χ0) is 9.26. The van der Waals surface area contributed by atoms with Gasteiger partial charge in [0.15, 0.2) is 0 Å². The van der Waals surface area contributed by atoms with E-state index >= 15 is 0 Å². The maximum atomic E-state index is 5.99. The zero-order valence-corrected chi connectivity index (χ0v) is 8.33. The third-order valence-electron chi connectivity index (χ3n) is 2.18. The summed E-state index contributed by atoms with van der Waals surface area (Å²) in [6.07, 6.45) is 4.70. The Bertz CT molecular complexity index is 285. The molecule has 2 heterocycles. The van der Waals surface area contributed by atoms with E-state index in [2.05, 4.69) is 14.9 Å². The van der Waals surface area contributed by atoms with Crippen molar-refractivity contribution in [2.75, 3.05) is 18.0 Å². The summed E-state index contributed by atoms with van der Waals surface area (Å²) in [5.74, 6) is 0.800. The van der Waals surface area contributed by atoms with Gasteiger partial charge in [0.1, 0.15) is 0 Å². The molecule has 0 aliphatic carbocycles. The average molecular weight is 198 g/mol. The van der Waals surface area contributed by atoms with Crippen LogP contribution in [0.2, 0.25) is 0 Å². The molecule has 0 saturated carbocycles. The quantitative estimate of drug-likeness (QED) is 0.641. The minimum absolute atomic E-state index is 0.255. The Balaban J connectivity index is 2.13. The van der Waals surface area contributed by atoms with Crippen LogP contribution in [0.1, 0.15) is 12.0 Å². The van der Waals surface area contributed by atoms with Crippen LogP contribution in [0, 0.1) is 6.92 Å². The SMILES string of the molecule is Cc1cnc(N2CCC(Cl)C2)nc1. The van der Waals surface area contributed by atoms with Crippen molar-refractivity contribution < 1.29 is 0 Å². The molecule has 1 aromatic rings. The summed E-state index contributed by atoms with van der Waals surface area (Å²) in [5.41, 5.74) is 1.09. The highest BCUT2D eigenvalue weighted by Crippen LogP contribution is 2.18. The number of anilines is 1. The fraction of sp³-hybridized carbons (Fsp3) is 0.556. The van der Waals surface area contributed by atoms with Gasteiger partial charge in [-0.2, -0.15) is 0 Å². The Morgan fingerprint density at radius 1 is 1.46 bits per heavy atom. The number of rotatable bonds is 1. The molecular weight excluding hydrogens is 186 g/mol. The second-order valence-corrected chi connectivity index (χ2v) is 4.01. The van der Waals surface area contributed by atoms with E-state index < -0.39 is 0 Å². The van der Waals surface area contributed by atoms with Crippen LogP contribution in [0.25, 0.3) is 0 Å². The molecule has 1 saturated heterocycles. The van der Waals surface area contributed by atoms with E-state index in [1.807, 2.05) is 19.3 Å². The van der Waals surface area contributed by atoms with Gasteiger partial charge in [-0.05, 0) is 18.9 Å². The molecule has 0 radical (unpaired) electrons. The van der Waals surface area contributed by atoms with Crippen molar-refractivity contribution in [2.45, 2.75) is 18.7 Å². The van der Waals surface area contributed by atoms with Crippen LogP contribution >= 0.6 is 11.6 Å². The second-order valence-electron chi connectivity index (χ2n) is 3.39. The van der Waals surface area contributed by atoms with Gasteiger partial charge in [-0.1, -0.05) is 0 Å². The van der Waals surface area contributed by atoms with E-state index in [-0.39, 0.29) is 5.38 Å². The highest BCUT2D eigenvalue weighted by molar-refractivity contribution is 6.21. The minimum atomic E-state index is 0.255. The van der Waals surface area contributed by atoms with Crippen LogP contribution in [0.4, 0.5) is 5.95 Å². The van der Waals surface area contributed by atoms with Crippen molar-refractivity contribution in [3.8, 4) is 0 Å². The number of hydrogen-bond acceptors (Lipinski definition) is 3. The standard InChI is InChI=1S/C9H12ClN3/c1-7-4-11-9(12-5-7)13-3-2-8(10)6-13/h4-5,8H,2-3,6H2,1H3. The van der Waals surface area contributed by atoms with Gasteiger partial charge in [-0.15, -0.1) is 11.6 Å².